The Labute approximate surface area is 122 Å². The number of rotatable bonds is 6. The first kappa shape index (κ1) is 17.0. The predicted octanol–water partition coefficient (Wildman–Crippen LogP) is 1.33. The van der Waals surface area contributed by atoms with Crippen molar-refractivity contribution in [2.24, 2.45) is 0 Å². The molecule has 0 spiro atoms. The van der Waals surface area contributed by atoms with E-state index < -0.39 is 0 Å². The Bertz CT molecular complexity index is 331. The molecule has 1 aliphatic rings. The molecule has 20 heavy (non-hydrogen) atoms. The van der Waals surface area contributed by atoms with Crippen molar-refractivity contribution in [1.82, 2.24) is 16.0 Å². The third-order valence-electron chi connectivity index (χ3n) is 3.41. The second kappa shape index (κ2) is 7.62. The summed E-state index contributed by atoms with van der Waals surface area (Å²) in [5, 5.41) is 9.05. The maximum atomic E-state index is 11.9. The molecule has 5 heteroatoms. The van der Waals surface area contributed by atoms with Crippen molar-refractivity contribution in [3.63, 3.8) is 0 Å². The molecule has 0 aromatic rings. The van der Waals surface area contributed by atoms with Crippen LogP contribution in [0.4, 0.5) is 0 Å². The van der Waals surface area contributed by atoms with Gasteiger partial charge in [-0.15, -0.1) is 0 Å². The fraction of sp³-hybridized carbons (Fsp3) is 0.867. The summed E-state index contributed by atoms with van der Waals surface area (Å²) in [7, 11) is 0. The zero-order chi connectivity index (χ0) is 15.2. The molecule has 0 heterocycles. The SMILES string of the molecule is CC(NCCC(=O)NC(C)(C)C)C(=O)NC1CCCC1. The first-order chi connectivity index (χ1) is 9.28. The molecule has 0 bridgehead atoms. The van der Waals surface area contributed by atoms with E-state index in [1.54, 1.807) is 0 Å². The lowest BCUT2D eigenvalue weighted by molar-refractivity contribution is -0.125. The number of amides is 2. The van der Waals surface area contributed by atoms with E-state index in [0.29, 0.717) is 19.0 Å². The van der Waals surface area contributed by atoms with Crippen LogP contribution in [0.25, 0.3) is 0 Å². The number of hydrogen-bond acceptors (Lipinski definition) is 3. The van der Waals surface area contributed by atoms with Gasteiger partial charge in [0.2, 0.25) is 11.8 Å². The standard InChI is InChI=1S/C15H29N3O2/c1-11(14(20)17-12-7-5-6-8-12)16-10-9-13(19)18-15(2,3)4/h11-12,16H,5-10H2,1-4H3,(H,17,20)(H,18,19). The van der Waals surface area contributed by atoms with Crippen molar-refractivity contribution >= 4 is 11.8 Å². The van der Waals surface area contributed by atoms with Gasteiger partial charge in [-0.3, -0.25) is 9.59 Å². The minimum atomic E-state index is -0.252. The van der Waals surface area contributed by atoms with Gasteiger partial charge in [-0.25, -0.2) is 0 Å². The van der Waals surface area contributed by atoms with Gasteiger partial charge >= 0.3 is 0 Å². The number of carbonyl (C=O) groups is 2. The summed E-state index contributed by atoms with van der Waals surface area (Å²) in [6, 6.07) is 0.0916. The van der Waals surface area contributed by atoms with Crippen LogP contribution in [0.1, 0.15) is 59.8 Å². The second-order valence-electron chi connectivity index (χ2n) is 6.71. The summed E-state index contributed by atoms with van der Waals surface area (Å²) < 4.78 is 0. The van der Waals surface area contributed by atoms with Crippen molar-refractivity contribution in [3.8, 4) is 0 Å². The molecule has 5 nitrogen and oxygen atoms in total. The Kier molecular flexibility index (Phi) is 6.46. The highest BCUT2D eigenvalue weighted by Crippen LogP contribution is 2.17. The van der Waals surface area contributed by atoms with E-state index >= 15 is 0 Å². The van der Waals surface area contributed by atoms with Crippen molar-refractivity contribution in [2.75, 3.05) is 6.54 Å². The van der Waals surface area contributed by atoms with Gasteiger partial charge in [-0.05, 0) is 40.5 Å². The average molecular weight is 283 g/mol. The van der Waals surface area contributed by atoms with E-state index in [9.17, 15) is 9.59 Å². The maximum absolute atomic E-state index is 11.9. The molecule has 1 fully saturated rings. The van der Waals surface area contributed by atoms with E-state index in [4.69, 9.17) is 0 Å². The lowest BCUT2D eigenvalue weighted by Gasteiger charge is -2.21. The van der Waals surface area contributed by atoms with Crippen LogP contribution < -0.4 is 16.0 Å². The molecule has 1 saturated carbocycles. The normalized spacial score (nSPS) is 17.8. The summed E-state index contributed by atoms with van der Waals surface area (Å²) in [5.74, 6) is 0.0431. The molecule has 1 rings (SSSR count). The highest BCUT2D eigenvalue weighted by atomic mass is 16.2. The third kappa shape index (κ3) is 6.89. The van der Waals surface area contributed by atoms with Crippen LogP contribution in [0.15, 0.2) is 0 Å². The van der Waals surface area contributed by atoms with Crippen molar-refractivity contribution in [1.29, 1.82) is 0 Å². The maximum Gasteiger partial charge on any atom is 0.237 e. The average Bonchev–Trinajstić information content (AvgIpc) is 2.79. The molecule has 0 aliphatic heterocycles. The monoisotopic (exact) mass is 283 g/mol. The van der Waals surface area contributed by atoms with E-state index in [1.165, 1.54) is 12.8 Å². The van der Waals surface area contributed by atoms with Crippen molar-refractivity contribution in [3.05, 3.63) is 0 Å². The van der Waals surface area contributed by atoms with E-state index in [2.05, 4.69) is 16.0 Å². The Morgan fingerprint density at radius 1 is 1.20 bits per heavy atom. The van der Waals surface area contributed by atoms with Crippen LogP contribution in [0.3, 0.4) is 0 Å². The first-order valence-electron chi connectivity index (χ1n) is 7.63. The van der Waals surface area contributed by atoms with Gasteiger partial charge < -0.3 is 16.0 Å². The summed E-state index contributed by atoms with van der Waals surface area (Å²) in [4.78, 5) is 23.6. The Balaban J connectivity index is 2.17. The Morgan fingerprint density at radius 3 is 2.35 bits per heavy atom. The Hall–Kier alpha value is -1.10. The van der Waals surface area contributed by atoms with Gasteiger partial charge in [0.05, 0.1) is 6.04 Å². The highest BCUT2D eigenvalue weighted by molar-refractivity contribution is 5.81. The number of carbonyl (C=O) groups excluding carboxylic acids is 2. The van der Waals surface area contributed by atoms with Crippen LogP contribution in [0.5, 0.6) is 0 Å². The molecule has 116 valence electrons. The zero-order valence-electron chi connectivity index (χ0n) is 13.2. The molecular weight excluding hydrogens is 254 g/mol. The van der Waals surface area contributed by atoms with E-state index in [1.807, 2.05) is 27.7 Å². The minimum Gasteiger partial charge on any atom is -0.352 e. The molecule has 1 aliphatic carbocycles. The molecule has 2 amide bonds. The lowest BCUT2D eigenvalue weighted by Crippen LogP contribution is -2.47. The third-order valence-corrected chi connectivity index (χ3v) is 3.41. The molecule has 1 atom stereocenters. The molecule has 1 unspecified atom stereocenters. The molecule has 0 aromatic heterocycles. The van der Waals surface area contributed by atoms with Crippen LogP contribution in [-0.4, -0.2) is 36.0 Å². The quantitative estimate of drug-likeness (QED) is 0.689. The molecule has 3 N–H and O–H groups in total. The van der Waals surface area contributed by atoms with E-state index in [-0.39, 0.29) is 23.4 Å². The van der Waals surface area contributed by atoms with E-state index in [0.717, 1.165) is 12.8 Å². The van der Waals surface area contributed by atoms with Gasteiger partial charge in [0.1, 0.15) is 0 Å². The molecular formula is C15H29N3O2. The summed E-state index contributed by atoms with van der Waals surface area (Å²) in [6.07, 6.45) is 4.98. The number of hydrogen-bond donors (Lipinski definition) is 3. The highest BCUT2D eigenvalue weighted by Gasteiger charge is 2.20. The zero-order valence-corrected chi connectivity index (χ0v) is 13.2. The van der Waals surface area contributed by atoms with Gasteiger partial charge in [0.25, 0.3) is 0 Å². The van der Waals surface area contributed by atoms with Crippen LogP contribution >= 0.6 is 0 Å². The van der Waals surface area contributed by atoms with Gasteiger partial charge in [0, 0.05) is 24.5 Å². The predicted molar refractivity (Wildman–Crippen MR) is 80.4 cm³/mol. The molecule has 0 aromatic carbocycles. The fourth-order valence-electron chi connectivity index (χ4n) is 2.37. The van der Waals surface area contributed by atoms with Crippen LogP contribution in [0.2, 0.25) is 0 Å². The molecule has 0 radical (unpaired) electrons. The smallest absolute Gasteiger partial charge is 0.237 e. The van der Waals surface area contributed by atoms with Gasteiger partial charge in [0.15, 0.2) is 0 Å². The van der Waals surface area contributed by atoms with Crippen LogP contribution in [0, 0.1) is 0 Å². The minimum absolute atomic E-state index is 0.00778. The summed E-state index contributed by atoms with van der Waals surface area (Å²) >= 11 is 0. The number of nitrogens with one attached hydrogen (secondary N) is 3. The summed E-state index contributed by atoms with van der Waals surface area (Å²) in [5.41, 5.74) is -0.206. The largest absolute Gasteiger partial charge is 0.352 e. The first-order valence-corrected chi connectivity index (χ1v) is 7.63. The topological polar surface area (TPSA) is 70.2 Å². The fourth-order valence-corrected chi connectivity index (χ4v) is 2.37. The Morgan fingerprint density at radius 2 is 1.80 bits per heavy atom. The summed E-state index contributed by atoms with van der Waals surface area (Å²) in [6.45, 7) is 8.22. The van der Waals surface area contributed by atoms with Crippen molar-refractivity contribution in [2.45, 2.75) is 77.4 Å². The van der Waals surface area contributed by atoms with Crippen LogP contribution in [-0.2, 0) is 9.59 Å². The lowest BCUT2D eigenvalue weighted by atomic mass is 10.1. The second-order valence-corrected chi connectivity index (χ2v) is 6.71. The van der Waals surface area contributed by atoms with Gasteiger partial charge in [-0.2, -0.15) is 0 Å². The molecule has 0 saturated heterocycles. The van der Waals surface area contributed by atoms with Gasteiger partial charge in [-0.1, -0.05) is 12.8 Å². The van der Waals surface area contributed by atoms with Crippen molar-refractivity contribution < 1.29 is 9.59 Å².